The first-order chi connectivity index (χ1) is 11.5. The summed E-state index contributed by atoms with van der Waals surface area (Å²) in [6, 6.07) is 15.7. The van der Waals surface area contributed by atoms with Gasteiger partial charge in [0.05, 0.1) is 0 Å². The van der Waals surface area contributed by atoms with Crippen molar-refractivity contribution in [2.75, 3.05) is 6.54 Å². The highest BCUT2D eigenvalue weighted by atomic mass is 16.3. The molecule has 1 amide bonds. The Bertz CT molecular complexity index is 630. The second-order valence-electron chi connectivity index (χ2n) is 6.52. The Kier molecular flexibility index (Phi) is 6.86. The van der Waals surface area contributed by atoms with Crippen LogP contribution in [0.25, 0.3) is 0 Å². The number of aromatic hydroxyl groups is 1. The van der Waals surface area contributed by atoms with Gasteiger partial charge in [-0.3, -0.25) is 4.79 Å². The van der Waals surface area contributed by atoms with E-state index in [0.29, 0.717) is 18.9 Å². The molecular weight excluding hydrogens is 298 g/mol. The highest BCUT2D eigenvalue weighted by Gasteiger charge is 2.03. The average Bonchev–Trinajstić information content (AvgIpc) is 2.59. The van der Waals surface area contributed by atoms with Gasteiger partial charge in [-0.05, 0) is 54.0 Å². The van der Waals surface area contributed by atoms with Crippen molar-refractivity contribution < 1.29 is 9.90 Å². The van der Waals surface area contributed by atoms with Crippen LogP contribution in [0.15, 0.2) is 48.5 Å². The molecule has 0 fully saturated rings. The minimum atomic E-state index is 0.105. The zero-order chi connectivity index (χ0) is 17.4. The van der Waals surface area contributed by atoms with E-state index >= 15 is 0 Å². The fraction of sp³-hybridized carbons (Fsp3) is 0.381. The van der Waals surface area contributed by atoms with Crippen LogP contribution in [-0.2, 0) is 17.6 Å². The third-order valence-electron chi connectivity index (χ3n) is 4.19. The van der Waals surface area contributed by atoms with Gasteiger partial charge in [0.15, 0.2) is 0 Å². The SMILES string of the molecule is CC(C)c1ccc(CCC(=O)NCCCc2ccc(O)cc2)cc1. The fourth-order valence-corrected chi connectivity index (χ4v) is 2.60. The monoisotopic (exact) mass is 325 g/mol. The second-order valence-corrected chi connectivity index (χ2v) is 6.52. The van der Waals surface area contributed by atoms with Crippen LogP contribution in [0.2, 0.25) is 0 Å². The van der Waals surface area contributed by atoms with E-state index in [9.17, 15) is 9.90 Å². The largest absolute Gasteiger partial charge is 0.508 e. The van der Waals surface area contributed by atoms with Crippen molar-refractivity contribution >= 4 is 5.91 Å². The Morgan fingerprint density at radius 1 is 0.958 bits per heavy atom. The first-order valence-electron chi connectivity index (χ1n) is 8.68. The number of nitrogens with one attached hydrogen (secondary N) is 1. The third-order valence-corrected chi connectivity index (χ3v) is 4.19. The van der Waals surface area contributed by atoms with E-state index in [-0.39, 0.29) is 11.7 Å². The number of amides is 1. The van der Waals surface area contributed by atoms with Crippen molar-refractivity contribution in [1.29, 1.82) is 0 Å². The quantitative estimate of drug-likeness (QED) is 0.715. The number of hydrogen-bond acceptors (Lipinski definition) is 2. The van der Waals surface area contributed by atoms with Gasteiger partial charge in [-0.15, -0.1) is 0 Å². The molecule has 0 aliphatic rings. The van der Waals surface area contributed by atoms with Crippen LogP contribution in [0.1, 0.15) is 49.3 Å². The molecular formula is C21H27NO2. The average molecular weight is 325 g/mol. The molecule has 0 spiro atoms. The molecule has 3 heteroatoms. The first-order valence-corrected chi connectivity index (χ1v) is 8.68. The minimum absolute atomic E-state index is 0.105. The van der Waals surface area contributed by atoms with E-state index < -0.39 is 0 Å². The molecule has 0 bridgehead atoms. The first kappa shape index (κ1) is 18.1. The number of benzene rings is 2. The van der Waals surface area contributed by atoms with Gasteiger partial charge < -0.3 is 10.4 Å². The number of phenols is 1. The topological polar surface area (TPSA) is 49.3 Å². The van der Waals surface area contributed by atoms with Crippen LogP contribution in [0.5, 0.6) is 5.75 Å². The molecule has 0 heterocycles. The van der Waals surface area contributed by atoms with Crippen LogP contribution >= 0.6 is 0 Å². The smallest absolute Gasteiger partial charge is 0.220 e. The molecule has 3 nitrogen and oxygen atoms in total. The molecule has 0 aliphatic heterocycles. The van der Waals surface area contributed by atoms with E-state index in [1.165, 1.54) is 16.7 Å². The Morgan fingerprint density at radius 2 is 1.54 bits per heavy atom. The molecule has 2 aromatic rings. The summed E-state index contributed by atoms with van der Waals surface area (Å²) in [5.74, 6) is 0.929. The predicted octanol–water partition coefficient (Wildman–Crippen LogP) is 4.20. The summed E-state index contributed by atoms with van der Waals surface area (Å²) >= 11 is 0. The van der Waals surface area contributed by atoms with Gasteiger partial charge in [-0.25, -0.2) is 0 Å². The zero-order valence-corrected chi connectivity index (χ0v) is 14.6. The maximum Gasteiger partial charge on any atom is 0.220 e. The Morgan fingerprint density at radius 3 is 2.17 bits per heavy atom. The summed E-state index contributed by atoms with van der Waals surface area (Å²) in [6.45, 7) is 5.05. The minimum Gasteiger partial charge on any atom is -0.508 e. The molecule has 2 aromatic carbocycles. The van der Waals surface area contributed by atoms with Gasteiger partial charge >= 0.3 is 0 Å². The molecule has 0 aromatic heterocycles. The summed E-state index contributed by atoms with van der Waals surface area (Å²) in [7, 11) is 0. The lowest BCUT2D eigenvalue weighted by Gasteiger charge is -2.08. The number of hydrogen-bond donors (Lipinski definition) is 2. The van der Waals surface area contributed by atoms with Gasteiger partial charge in [0, 0.05) is 13.0 Å². The highest BCUT2D eigenvalue weighted by Crippen LogP contribution is 2.15. The molecule has 0 atom stereocenters. The lowest BCUT2D eigenvalue weighted by atomic mass is 10.0. The van der Waals surface area contributed by atoms with Crippen molar-refractivity contribution in [3.05, 3.63) is 65.2 Å². The maximum atomic E-state index is 11.9. The van der Waals surface area contributed by atoms with Crippen molar-refractivity contribution in [3.63, 3.8) is 0 Å². The summed E-state index contributed by atoms with van der Waals surface area (Å²) in [5.41, 5.74) is 3.71. The number of carbonyl (C=O) groups excluding carboxylic acids is 1. The standard InChI is InChI=1S/C21H27NO2/c1-16(2)19-10-5-18(6-11-19)9-14-21(24)22-15-3-4-17-7-12-20(23)13-8-17/h5-8,10-13,16,23H,3-4,9,14-15H2,1-2H3,(H,22,24). The van der Waals surface area contributed by atoms with E-state index in [0.717, 1.165) is 19.3 Å². The molecule has 0 radical (unpaired) electrons. The summed E-state index contributed by atoms with van der Waals surface area (Å²) in [6.07, 6.45) is 3.11. The van der Waals surface area contributed by atoms with Gasteiger partial charge in [-0.1, -0.05) is 50.2 Å². The van der Waals surface area contributed by atoms with Crippen LogP contribution in [0.3, 0.4) is 0 Å². The second kappa shape index (κ2) is 9.11. The predicted molar refractivity (Wildman–Crippen MR) is 98.3 cm³/mol. The lowest BCUT2D eigenvalue weighted by molar-refractivity contribution is -0.121. The van der Waals surface area contributed by atoms with E-state index in [1.807, 2.05) is 12.1 Å². The molecule has 0 unspecified atom stereocenters. The Hall–Kier alpha value is -2.29. The van der Waals surface area contributed by atoms with E-state index in [2.05, 4.69) is 43.4 Å². The van der Waals surface area contributed by atoms with Crippen molar-refractivity contribution in [3.8, 4) is 5.75 Å². The van der Waals surface area contributed by atoms with Crippen molar-refractivity contribution in [2.45, 2.75) is 45.4 Å². The number of carbonyl (C=O) groups is 1. The van der Waals surface area contributed by atoms with E-state index in [1.54, 1.807) is 12.1 Å². The molecule has 0 saturated heterocycles. The van der Waals surface area contributed by atoms with E-state index in [4.69, 9.17) is 0 Å². The van der Waals surface area contributed by atoms with Crippen LogP contribution in [0.4, 0.5) is 0 Å². The molecule has 0 saturated carbocycles. The normalized spacial score (nSPS) is 10.8. The summed E-state index contributed by atoms with van der Waals surface area (Å²) in [5, 5.41) is 12.2. The highest BCUT2D eigenvalue weighted by molar-refractivity contribution is 5.76. The van der Waals surface area contributed by atoms with Gasteiger partial charge in [0.2, 0.25) is 5.91 Å². The lowest BCUT2D eigenvalue weighted by Crippen LogP contribution is -2.24. The van der Waals surface area contributed by atoms with Crippen molar-refractivity contribution in [2.24, 2.45) is 0 Å². The van der Waals surface area contributed by atoms with Crippen LogP contribution in [-0.4, -0.2) is 17.6 Å². The number of rotatable bonds is 8. The van der Waals surface area contributed by atoms with Gasteiger partial charge in [-0.2, -0.15) is 0 Å². The third kappa shape index (κ3) is 6.07. The van der Waals surface area contributed by atoms with Crippen molar-refractivity contribution in [1.82, 2.24) is 5.32 Å². The molecule has 2 N–H and O–H groups in total. The Labute approximate surface area is 144 Å². The van der Waals surface area contributed by atoms with Gasteiger partial charge in [0.1, 0.15) is 5.75 Å². The summed E-state index contributed by atoms with van der Waals surface area (Å²) < 4.78 is 0. The molecule has 128 valence electrons. The van der Waals surface area contributed by atoms with Crippen LogP contribution in [0, 0.1) is 0 Å². The van der Waals surface area contributed by atoms with Crippen LogP contribution < -0.4 is 5.32 Å². The van der Waals surface area contributed by atoms with Gasteiger partial charge in [0.25, 0.3) is 0 Å². The molecule has 0 aliphatic carbocycles. The maximum absolute atomic E-state index is 11.9. The molecule has 2 rings (SSSR count). The zero-order valence-electron chi connectivity index (χ0n) is 14.6. The number of aryl methyl sites for hydroxylation is 2. The molecule has 24 heavy (non-hydrogen) atoms. The fourth-order valence-electron chi connectivity index (χ4n) is 2.60. The summed E-state index contributed by atoms with van der Waals surface area (Å²) in [4.78, 5) is 11.9. The Balaban J connectivity index is 1.63. The number of phenolic OH excluding ortho intramolecular Hbond substituents is 1.